The molecule has 6 nitrogen and oxygen atoms in total. The van der Waals surface area contributed by atoms with Crippen molar-refractivity contribution >= 4 is 17.6 Å². The van der Waals surface area contributed by atoms with Gasteiger partial charge in [-0.15, -0.1) is 0 Å². The minimum atomic E-state index is 0.101. The molecular formula is C10H11N5OS. The number of oxime groups is 1. The summed E-state index contributed by atoms with van der Waals surface area (Å²) >= 11 is 1.48. The Morgan fingerprint density at radius 3 is 2.94 bits per heavy atom. The number of hydrogen-bond acceptors (Lipinski definition) is 5. The number of amidine groups is 1. The topological polar surface area (TPSA) is 100 Å². The summed E-state index contributed by atoms with van der Waals surface area (Å²) in [7, 11) is 0. The SMILES string of the molecule is Cc1cc(/C(N)=N/O)ccc1Sc1ncn[nH]1. The molecule has 0 saturated carbocycles. The highest BCUT2D eigenvalue weighted by Crippen LogP contribution is 2.27. The largest absolute Gasteiger partial charge is 0.409 e. The molecule has 2 rings (SSSR count). The second kappa shape index (κ2) is 4.88. The molecule has 0 spiro atoms. The Balaban J connectivity index is 2.26. The van der Waals surface area contributed by atoms with E-state index in [1.54, 1.807) is 6.07 Å². The van der Waals surface area contributed by atoms with Gasteiger partial charge in [-0.25, -0.2) is 4.98 Å². The molecule has 0 atom stereocenters. The first-order valence-electron chi connectivity index (χ1n) is 4.82. The molecule has 4 N–H and O–H groups in total. The third-order valence-electron chi connectivity index (χ3n) is 2.18. The van der Waals surface area contributed by atoms with Gasteiger partial charge >= 0.3 is 0 Å². The highest BCUT2D eigenvalue weighted by atomic mass is 32.2. The number of nitrogens with one attached hydrogen (secondary N) is 1. The minimum Gasteiger partial charge on any atom is -0.409 e. The van der Waals surface area contributed by atoms with E-state index < -0.39 is 0 Å². The van der Waals surface area contributed by atoms with Gasteiger partial charge in [0.1, 0.15) is 6.33 Å². The highest BCUT2D eigenvalue weighted by molar-refractivity contribution is 7.99. The molecule has 0 bridgehead atoms. The zero-order valence-corrected chi connectivity index (χ0v) is 9.90. The van der Waals surface area contributed by atoms with E-state index in [1.807, 2.05) is 19.1 Å². The van der Waals surface area contributed by atoms with Crippen molar-refractivity contribution in [3.63, 3.8) is 0 Å². The van der Waals surface area contributed by atoms with Crippen LogP contribution in [0.2, 0.25) is 0 Å². The number of H-pyrrole nitrogens is 1. The standard InChI is InChI=1S/C10H11N5OS/c1-6-4-7(9(11)15-16)2-3-8(6)17-10-12-5-13-14-10/h2-5,16H,1H3,(H2,11,15)(H,12,13,14). The summed E-state index contributed by atoms with van der Waals surface area (Å²) in [5, 5.41) is 18.8. The average molecular weight is 249 g/mol. The van der Waals surface area contributed by atoms with E-state index in [0.29, 0.717) is 5.56 Å². The second-order valence-electron chi connectivity index (χ2n) is 3.36. The van der Waals surface area contributed by atoms with Crippen LogP contribution in [0.5, 0.6) is 0 Å². The second-order valence-corrected chi connectivity index (χ2v) is 4.39. The molecule has 2 aromatic rings. The van der Waals surface area contributed by atoms with Gasteiger partial charge in [-0.3, -0.25) is 5.10 Å². The van der Waals surface area contributed by atoms with Crippen LogP contribution in [-0.4, -0.2) is 26.2 Å². The van der Waals surface area contributed by atoms with Crippen LogP contribution in [0.4, 0.5) is 0 Å². The Kier molecular flexibility index (Phi) is 3.29. The fourth-order valence-corrected chi connectivity index (χ4v) is 2.09. The van der Waals surface area contributed by atoms with Gasteiger partial charge in [0.2, 0.25) is 0 Å². The zero-order valence-electron chi connectivity index (χ0n) is 9.08. The smallest absolute Gasteiger partial charge is 0.188 e. The van der Waals surface area contributed by atoms with Gasteiger partial charge in [0, 0.05) is 10.5 Å². The molecule has 0 saturated heterocycles. The van der Waals surface area contributed by atoms with Crippen LogP contribution in [0.1, 0.15) is 11.1 Å². The molecule has 1 heterocycles. The van der Waals surface area contributed by atoms with Crippen LogP contribution in [-0.2, 0) is 0 Å². The number of rotatable bonds is 3. The van der Waals surface area contributed by atoms with Gasteiger partial charge < -0.3 is 10.9 Å². The Hall–Kier alpha value is -2.02. The van der Waals surface area contributed by atoms with E-state index in [2.05, 4.69) is 20.3 Å². The summed E-state index contributed by atoms with van der Waals surface area (Å²) in [6, 6.07) is 5.55. The van der Waals surface area contributed by atoms with Crippen LogP contribution in [0.25, 0.3) is 0 Å². The summed E-state index contributed by atoms with van der Waals surface area (Å²) in [6.45, 7) is 1.95. The van der Waals surface area contributed by atoms with Crippen molar-refractivity contribution in [3.05, 3.63) is 35.7 Å². The van der Waals surface area contributed by atoms with Crippen molar-refractivity contribution in [2.75, 3.05) is 0 Å². The lowest BCUT2D eigenvalue weighted by atomic mass is 10.1. The maximum absolute atomic E-state index is 8.59. The first-order valence-corrected chi connectivity index (χ1v) is 5.64. The zero-order chi connectivity index (χ0) is 12.3. The van der Waals surface area contributed by atoms with Gasteiger partial charge in [0.15, 0.2) is 11.0 Å². The molecule has 0 aliphatic carbocycles. The Bertz CT molecular complexity index is 538. The number of nitrogens with two attached hydrogens (primary N) is 1. The Labute approximate surface area is 102 Å². The van der Waals surface area contributed by atoms with E-state index in [-0.39, 0.29) is 5.84 Å². The van der Waals surface area contributed by atoms with Gasteiger partial charge in [-0.2, -0.15) is 5.10 Å². The molecule has 88 valence electrons. The van der Waals surface area contributed by atoms with Crippen molar-refractivity contribution in [1.82, 2.24) is 15.2 Å². The number of nitrogens with zero attached hydrogens (tertiary/aromatic N) is 3. The van der Waals surface area contributed by atoms with Crippen molar-refractivity contribution in [3.8, 4) is 0 Å². The summed E-state index contributed by atoms with van der Waals surface area (Å²) in [6.07, 6.45) is 1.46. The van der Waals surface area contributed by atoms with E-state index in [1.165, 1.54) is 18.1 Å². The van der Waals surface area contributed by atoms with E-state index in [9.17, 15) is 0 Å². The minimum absolute atomic E-state index is 0.101. The summed E-state index contributed by atoms with van der Waals surface area (Å²) in [4.78, 5) is 5.07. The molecule has 0 unspecified atom stereocenters. The molecule has 1 aromatic heterocycles. The van der Waals surface area contributed by atoms with Crippen LogP contribution < -0.4 is 5.73 Å². The Morgan fingerprint density at radius 1 is 1.53 bits per heavy atom. The molecule has 0 fully saturated rings. The van der Waals surface area contributed by atoms with Crippen LogP contribution in [0, 0.1) is 6.92 Å². The first-order chi connectivity index (χ1) is 8.20. The van der Waals surface area contributed by atoms with Crippen molar-refractivity contribution < 1.29 is 5.21 Å². The summed E-state index contributed by atoms with van der Waals surface area (Å²) in [5.74, 6) is 0.101. The molecular weight excluding hydrogens is 238 g/mol. The number of aromatic amines is 1. The van der Waals surface area contributed by atoms with E-state index in [4.69, 9.17) is 10.9 Å². The third kappa shape index (κ3) is 2.56. The molecule has 0 aliphatic heterocycles. The van der Waals surface area contributed by atoms with E-state index >= 15 is 0 Å². The normalized spacial score (nSPS) is 11.7. The lowest BCUT2D eigenvalue weighted by Crippen LogP contribution is -2.13. The van der Waals surface area contributed by atoms with Crippen LogP contribution >= 0.6 is 11.8 Å². The van der Waals surface area contributed by atoms with Crippen molar-refractivity contribution in [2.24, 2.45) is 10.9 Å². The fourth-order valence-electron chi connectivity index (χ4n) is 1.33. The monoisotopic (exact) mass is 249 g/mol. The quantitative estimate of drug-likeness (QED) is 0.330. The molecule has 0 aliphatic rings. The van der Waals surface area contributed by atoms with Gasteiger partial charge in [-0.05, 0) is 24.6 Å². The number of aromatic nitrogens is 3. The molecule has 0 radical (unpaired) electrons. The number of aryl methyl sites for hydroxylation is 1. The Morgan fingerprint density at radius 2 is 2.35 bits per heavy atom. The number of benzene rings is 1. The predicted octanol–water partition coefficient (Wildman–Crippen LogP) is 1.36. The lowest BCUT2D eigenvalue weighted by Gasteiger charge is -2.05. The molecule has 17 heavy (non-hydrogen) atoms. The maximum Gasteiger partial charge on any atom is 0.188 e. The molecule has 0 amide bonds. The summed E-state index contributed by atoms with van der Waals surface area (Å²) in [5.41, 5.74) is 7.22. The predicted molar refractivity (Wildman–Crippen MR) is 64.2 cm³/mol. The highest BCUT2D eigenvalue weighted by Gasteiger charge is 2.06. The summed E-state index contributed by atoms with van der Waals surface area (Å²) < 4.78 is 0. The van der Waals surface area contributed by atoms with E-state index in [0.717, 1.165) is 15.6 Å². The molecule has 7 heteroatoms. The first kappa shape index (κ1) is 11.5. The van der Waals surface area contributed by atoms with Crippen LogP contribution in [0.15, 0.2) is 39.7 Å². The van der Waals surface area contributed by atoms with Crippen molar-refractivity contribution in [2.45, 2.75) is 17.0 Å². The third-order valence-corrected chi connectivity index (χ3v) is 3.25. The van der Waals surface area contributed by atoms with Gasteiger partial charge in [0.05, 0.1) is 0 Å². The molecule has 1 aromatic carbocycles. The van der Waals surface area contributed by atoms with Gasteiger partial charge in [0.25, 0.3) is 0 Å². The van der Waals surface area contributed by atoms with Gasteiger partial charge in [-0.1, -0.05) is 23.0 Å². The van der Waals surface area contributed by atoms with Crippen molar-refractivity contribution in [1.29, 1.82) is 0 Å². The van der Waals surface area contributed by atoms with Crippen LogP contribution in [0.3, 0.4) is 0 Å². The maximum atomic E-state index is 8.59. The average Bonchev–Trinajstić information content (AvgIpc) is 2.83. The fraction of sp³-hybridized carbons (Fsp3) is 0.100. The lowest BCUT2D eigenvalue weighted by molar-refractivity contribution is 0.318. The number of hydrogen-bond donors (Lipinski definition) is 3.